The van der Waals surface area contributed by atoms with Crippen LogP contribution in [0, 0.1) is 0 Å². The number of halogens is 1. The van der Waals surface area contributed by atoms with Crippen molar-refractivity contribution >= 4 is 27.5 Å². The van der Waals surface area contributed by atoms with E-state index in [2.05, 4.69) is 28.2 Å². The molecule has 0 atom stereocenters. The number of carbonyl (C=O) groups excluding carboxylic acids is 1. The van der Waals surface area contributed by atoms with Gasteiger partial charge in [0, 0.05) is 10.9 Å². The summed E-state index contributed by atoms with van der Waals surface area (Å²) in [6.45, 7) is 2.21. The molecule has 1 rings (SSSR count). The summed E-state index contributed by atoms with van der Waals surface area (Å²) >= 11 is 3.40. The highest BCUT2D eigenvalue weighted by Crippen LogP contribution is 2.28. The molecule has 0 fully saturated rings. The molecule has 0 radical (unpaired) electrons. The van der Waals surface area contributed by atoms with Crippen molar-refractivity contribution in [3.8, 4) is 5.75 Å². The second kappa shape index (κ2) is 9.81. The lowest BCUT2D eigenvalue weighted by Crippen LogP contribution is -2.11. The number of hydrogen-bond donors (Lipinski definition) is 1. The van der Waals surface area contributed by atoms with Gasteiger partial charge in [-0.3, -0.25) is 4.79 Å². The Kier molecular flexibility index (Phi) is 8.35. The van der Waals surface area contributed by atoms with Crippen LogP contribution >= 0.6 is 15.9 Å². The topological polar surface area (TPSA) is 38.3 Å². The van der Waals surface area contributed by atoms with Crippen LogP contribution in [0.4, 0.5) is 5.69 Å². The van der Waals surface area contributed by atoms with Crippen LogP contribution in [0.1, 0.15) is 51.9 Å². The molecule has 1 aromatic rings. The first-order valence-electron chi connectivity index (χ1n) is 7.30. The van der Waals surface area contributed by atoms with Crippen LogP contribution in [0.3, 0.4) is 0 Å². The molecule has 0 aliphatic carbocycles. The second-order valence-electron chi connectivity index (χ2n) is 4.91. The van der Waals surface area contributed by atoms with Crippen molar-refractivity contribution in [1.29, 1.82) is 0 Å². The van der Waals surface area contributed by atoms with Crippen molar-refractivity contribution in [3.05, 3.63) is 22.7 Å². The van der Waals surface area contributed by atoms with Crippen LogP contribution in [-0.4, -0.2) is 13.0 Å². The van der Waals surface area contributed by atoms with Gasteiger partial charge in [0.2, 0.25) is 5.91 Å². The van der Waals surface area contributed by atoms with E-state index >= 15 is 0 Å². The molecule has 0 heterocycles. The van der Waals surface area contributed by atoms with Gasteiger partial charge in [0.05, 0.1) is 12.8 Å². The van der Waals surface area contributed by atoms with Crippen molar-refractivity contribution in [1.82, 2.24) is 0 Å². The minimum atomic E-state index is 0.0527. The average molecular weight is 342 g/mol. The number of amides is 1. The zero-order valence-electron chi connectivity index (χ0n) is 12.4. The largest absolute Gasteiger partial charge is 0.495 e. The van der Waals surface area contributed by atoms with E-state index in [0.717, 1.165) is 23.0 Å². The van der Waals surface area contributed by atoms with Crippen molar-refractivity contribution in [2.75, 3.05) is 12.4 Å². The number of unbranched alkanes of at least 4 members (excludes halogenated alkanes) is 5. The van der Waals surface area contributed by atoms with Gasteiger partial charge in [-0.25, -0.2) is 0 Å². The zero-order valence-corrected chi connectivity index (χ0v) is 14.0. The Labute approximate surface area is 130 Å². The van der Waals surface area contributed by atoms with Gasteiger partial charge in [0.15, 0.2) is 0 Å². The van der Waals surface area contributed by atoms with Crippen LogP contribution in [0.25, 0.3) is 0 Å². The fourth-order valence-corrected chi connectivity index (χ4v) is 2.42. The standard InChI is InChI=1S/C16H24BrNO2/c1-3-4-5-6-7-8-9-16(19)18-14-12-13(17)10-11-15(14)20-2/h10-12H,3-9H2,1-2H3,(H,18,19). The van der Waals surface area contributed by atoms with E-state index in [9.17, 15) is 4.79 Å². The van der Waals surface area contributed by atoms with Crippen LogP contribution in [0.15, 0.2) is 22.7 Å². The number of hydrogen-bond acceptors (Lipinski definition) is 2. The molecule has 1 N–H and O–H groups in total. The fourth-order valence-electron chi connectivity index (χ4n) is 2.06. The van der Waals surface area contributed by atoms with E-state index in [1.165, 1.54) is 25.7 Å². The lowest BCUT2D eigenvalue weighted by Gasteiger charge is -2.10. The van der Waals surface area contributed by atoms with E-state index < -0.39 is 0 Å². The van der Waals surface area contributed by atoms with Gasteiger partial charge in [0.1, 0.15) is 5.75 Å². The minimum absolute atomic E-state index is 0.0527. The summed E-state index contributed by atoms with van der Waals surface area (Å²) in [6.07, 6.45) is 7.69. The number of methoxy groups -OCH3 is 1. The third-order valence-electron chi connectivity index (χ3n) is 3.19. The summed E-state index contributed by atoms with van der Waals surface area (Å²) in [5.74, 6) is 0.737. The second-order valence-corrected chi connectivity index (χ2v) is 5.83. The van der Waals surface area contributed by atoms with Crippen molar-refractivity contribution < 1.29 is 9.53 Å². The molecule has 20 heavy (non-hydrogen) atoms. The Morgan fingerprint density at radius 1 is 1.20 bits per heavy atom. The Bertz CT molecular complexity index is 421. The van der Waals surface area contributed by atoms with E-state index in [1.54, 1.807) is 7.11 Å². The van der Waals surface area contributed by atoms with E-state index in [1.807, 2.05) is 18.2 Å². The summed E-state index contributed by atoms with van der Waals surface area (Å²) in [6, 6.07) is 5.59. The average Bonchev–Trinajstić information content (AvgIpc) is 2.43. The molecule has 1 aromatic carbocycles. The molecule has 0 saturated carbocycles. The lowest BCUT2D eigenvalue weighted by atomic mass is 10.1. The number of rotatable bonds is 9. The van der Waals surface area contributed by atoms with E-state index in [0.29, 0.717) is 12.2 Å². The Hall–Kier alpha value is -1.03. The molecule has 1 amide bonds. The number of anilines is 1. The maximum Gasteiger partial charge on any atom is 0.224 e. The zero-order chi connectivity index (χ0) is 14.8. The molecular weight excluding hydrogens is 318 g/mol. The smallest absolute Gasteiger partial charge is 0.224 e. The maximum absolute atomic E-state index is 11.9. The fraction of sp³-hybridized carbons (Fsp3) is 0.562. The summed E-state index contributed by atoms with van der Waals surface area (Å²) in [7, 11) is 1.60. The monoisotopic (exact) mass is 341 g/mol. The maximum atomic E-state index is 11.9. The van der Waals surface area contributed by atoms with Gasteiger partial charge < -0.3 is 10.1 Å². The Morgan fingerprint density at radius 3 is 2.60 bits per heavy atom. The third-order valence-corrected chi connectivity index (χ3v) is 3.69. The SMILES string of the molecule is CCCCCCCCC(=O)Nc1cc(Br)ccc1OC. The minimum Gasteiger partial charge on any atom is -0.495 e. The van der Waals surface area contributed by atoms with E-state index in [-0.39, 0.29) is 5.91 Å². The third kappa shape index (κ3) is 6.42. The van der Waals surface area contributed by atoms with Gasteiger partial charge in [-0.1, -0.05) is 55.0 Å². The quantitative estimate of drug-likeness (QED) is 0.631. The van der Waals surface area contributed by atoms with Crippen LogP contribution in [0.5, 0.6) is 5.75 Å². The summed E-state index contributed by atoms with van der Waals surface area (Å²) < 4.78 is 6.16. The first kappa shape index (κ1) is 17.0. The Balaban J connectivity index is 2.33. The van der Waals surface area contributed by atoms with Gasteiger partial charge in [0.25, 0.3) is 0 Å². The van der Waals surface area contributed by atoms with Gasteiger partial charge in [-0.05, 0) is 24.6 Å². The van der Waals surface area contributed by atoms with Gasteiger partial charge in [-0.2, -0.15) is 0 Å². The highest BCUT2D eigenvalue weighted by atomic mass is 79.9. The highest BCUT2D eigenvalue weighted by molar-refractivity contribution is 9.10. The predicted octanol–water partition coefficient (Wildman–Crippen LogP) is 5.15. The molecule has 4 heteroatoms. The molecule has 0 aliphatic heterocycles. The molecule has 0 unspecified atom stereocenters. The summed E-state index contributed by atoms with van der Waals surface area (Å²) in [4.78, 5) is 11.9. The summed E-state index contributed by atoms with van der Waals surface area (Å²) in [5.41, 5.74) is 0.720. The molecule has 0 saturated heterocycles. The molecule has 0 bridgehead atoms. The molecular formula is C16H24BrNO2. The molecule has 0 spiro atoms. The molecule has 112 valence electrons. The Morgan fingerprint density at radius 2 is 1.90 bits per heavy atom. The first-order valence-corrected chi connectivity index (χ1v) is 8.10. The van der Waals surface area contributed by atoms with Crippen LogP contribution in [0.2, 0.25) is 0 Å². The van der Waals surface area contributed by atoms with Gasteiger partial charge >= 0.3 is 0 Å². The normalized spacial score (nSPS) is 10.3. The number of ether oxygens (including phenoxy) is 1. The lowest BCUT2D eigenvalue weighted by molar-refractivity contribution is -0.116. The van der Waals surface area contributed by atoms with Crippen molar-refractivity contribution in [2.45, 2.75) is 51.9 Å². The summed E-state index contributed by atoms with van der Waals surface area (Å²) in [5, 5.41) is 2.91. The van der Waals surface area contributed by atoms with E-state index in [4.69, 9.17) is 4.74 Å². The molecule has 3 nitrogen and oxygen atoms in total. The van der Waals surface area contributed by atoms with Crippen molar-refractivity contribution in [3.63, 3.8) is 0 Å². The highest BCUT2D eigenvalue weighted by Gasteiger charge is 2.07. The van der Waals surface area contributed by atoms with Crippen LogP contribution < -0.4 is 10.1 Å². The number of carbonyl (C=O) groups is 1. The number of nitrogens with one attached hydrogen (secondary N) is 1. The molecule has 0 aromatic heterocycles. The predicted molar refractivity (Wildman–Crippen MR) is 87.3 cm³/mol. The van der Waals surface area contributed by atoms with Crippen LogP contribution in [-0.2, 0) is 4.79 Å². The van der Waals surface area contributed by atoms with Gasteiger partial charge in [-0.15, -0.1) is 0 Å². The number of benzene rings is 1. The molecule has 0 aliphatic rings. The first-order chi connectivity index (χ1) is 9.67. The van der Waals surface area contributed by atoms with Crippen molar-refractivity contribution in [2.24, 2.45) is 0 Å².